The third kappa shape index (κ3) is 3.97. The molecule has 6 heteroatoms. The summed E-state index contributed by atoms with van der Waals surface area (Å²) in [6, 6.07) is 19.0. The number of hydrogen-bond acceptors (Lipinski definition) is 5. The van der Waals surface area contributed by atoms with Crippen molar-refractivity contribution in [2.75, 3.05) is 12.0 Å². The van der Waals surface area contributed by atoms with Crippen molar-refractivity contribution in [3.05, 3.63) is 84.3 Å². The number of ether oxygens (including phenoxy) is 1. The zero-order valence-electron chi connectivity index (χ0n) is 15.2. The third-order valence-corrected chi connectivity index (χ3v) is 5.23. The van der Waals surface area contributed by atoms with Gasteiger partial charge in [0.25, 0.3) is 5.91 Å². The Labute approximate surface area is 166 Å². The molecule has 2 heterocycles. The van der Waals surface area contributed by atoms with E-state index in [2.05, 4.69) is 4.98 Å². The van der Waals surface area contributed by atoms with E-state index in [1.165, 1.54) is 11.3 Å². The Kier molecular flexibility index (Phi) is 5.21. The second kappa shape index (κ2) is 8.10. The second-order valence-corrected chi connectivity index (χ2v) is 7.09. The Hall–Kier alpha value is -3.38. The number of benzene rings is 2. The maximum Gasteiger partial charge on any atom is 0.253 e. The summed E-state index contributed by atoms with van der Waals surface area (Å²) in [5.41, 5.74) is 1.79. The molecule has 0 N–H and O–H groups in total. The zero-order chi connectivity index (χ0) is 19.3. The highest BCUT2D eigenvalue weighted by molar-refractivity contribution is 7.22. The van der Waals surface area contributed by atoms with Crippen LogP contribution in [0.2, 0.25) is 0 Å². The van der Waals surface area contributed by atoms with Crippen molar-refractivity contribution in [1.82, 2.24) is 4.98 Å². The van der Waals surface area contributed by atoms with E-state index in [1.807, 2.05) is 54.6 Å². The highest BCUT2D eigenvalue weighted by atomic mass is 32.1. The fourth-order valence-electron chi connectivity index (χ4n) is 2.76. The van der Waals surface area contributed by atoms with E-state index in [0.29, 0.717) is 17.4 Å². The molecule has 2 aromatic heterocycles. The Bertz CT molecular complexity index is 1100. The van der Waals surface area contributed by atoms with Crippen LogP contribution in [0.25, 0.3) is 16.3 Å². The van der Waals surface area contributed by atoms with Gasteiger partial charge in [-0.15, -0.1) is 0 Å². The molecule has 5 nitrogen and oxygen atoms in total. The second-order valence-electron chi connectivity index (χ2n) is 6.08. The number of carbonyl (C=O) groups is 1. The maximum atomic E-state index is 13.0. The largest absolute Gasteiger partial charge is 0.497 e. The topological polar surface area (TPSA) is 55.6 Å². The van der Waals surface area contributed by atoms with Crippen LogP contribution in [0.5, 0.6) is 5.75 Å². The van der Waals surface area contributed by atoms with Gasteiger partial charge < -0.3 is 9.15 Å². The van der Waals surface area contributed by atoms with Crippen LogP contribution in [0.1, 0.15) is 11.3 Å². The molecule has 0 aliphatic rings. The van der Waals surface area contributed by atoms with E-state index < -0.39 is 0 Å². The minimum Gasteiger partial charge on any atom is -0.497 e. The smallest absolute Gasteiger partial charge is 0.253 e. The highest BCUT2D eigenvalue weighted by Gasteiger charge is 2.19. The van der Waals surface area contributed by atoms with Gasteiger partial charge in [0.1, 0.15) is 11.5 Å². The first-order valence-corrected chi connectivity index (χ1v) is 9.56. The van der Waals surface area contributed by atoms with Gasteiger partial charge in [0.05, 0.1) is 30.1 Å². The van der Waals surface area contributed by atoms with Crippen LogP contribution in [0.15, 0.2) is 77.4 Å². The first-order chi connectivity index (χ1) is 13.7. The Balaban J connectivity index is 1.67. The Morgan fingerprint density at radius 3 is 2.79 bits per heavy atom. The van der Waals surface area contributed by atoms with Crippen molar-refractivity contribution in [2.45, 2.75) is 6.54 Å². The molecule has 0 atom stereocenters. The number of fused-ring (bicyclic) bond motifs is 1. The van der Waals surface area contributed by atoms with Crippen molar-refractivity contribution in [1.29, 1.82) is 0 Å². The van der Waals surface area contributed by atoms with E-state index in [4.69, 9.17) is 9.15 Å². The predicted molar refractivity (Wildman–Crippen MR) is 112 cm³/mol. The number of furan rings is 1. The summed E-state index contributed by atoms with van der Waals surface area (Å²) in [6.07, 6.45) is 4.96. The molecule has 1 amide bonds. The monoisotopic (exact) mass is 390 g/mol. The van der Waals surface area contributed by atoms with Gasteiger partial charge in [-0.25, -0.2) is 4.98 Å². The fourth-order valence-corrected chi connectivity index (χ4v) is 3.75. The third-order valence-electron chi connectivity index (χ3n) is 4.19. The molecule has 140 valence electrons. The van der Waals surface area contributed by atoms with Gasteiger partial charge in [-0.3, -0.25) is 9.69 Å². The summed E-state index contributed by atoms with van der Waals surface area (Å²) in [4.78, 5) is 19.2. The molecular formula is C22H18N2O3S. The number of anilines is 1. The fraction of sp³-hybridized carbons (Fsp3) is 0.0909. The molecule has 2 aromatic carbocycles. The normalized spacial score (nSPS) is 11.2. The molecule has 4 rings (SSSR count). The number of nitrogens with zero attached hydrogens (tertiary/aromatic N) is 2. The predicted octanol–water partition coefficient (Wildman–Crippen LogP) is 5.14. The summed E-state index contributed by atoms with van der Waals surface area (Å²) < 4.78 is 11.7. The molecule has 0 saturated carbocycles. The minimum atomic E-state index is -0.161. The quantitative estimate of drug-likeness (QED) is 0.428. The molecule has 4 aromatic rings. The summed E-state index contributed by atoms with van der Waals surface area (Å²) >= 11 is 1.45. The molecule has 0 fully saturated rings. The standard InChI is InChI=1S/C22H18N2O3S/c1-26-17-10-11-19-20(14-17)28-22(23-19)24(15-18-8-5-13-27-18)21(25)12-9-16-6-3-2-4-7-16/h2-14H,15H2,1H3/b12-9+. The van der Waals surface area contributed by atoms with Gasteiger partial charge in [-0.05, 0) is 42.0 Å². The van der Waals surface area contributed by atoms with Crippen molar-refractivity contribution >= 4 is 38.7 Å². The van der Waals surface area contributed by atoms with E-state index >= 15 is 0 Å². The molecule has 0 saturated heterocycles. The van der Waals surface area contributed by atoms with E-state index in [1.54, 1.807) is 36.5 Å². The van der Waals surface area contributed by atoms with Crippen LogP contribution < -0.4 is 9.64 Å². The number of methoxy groups -OCH3 is 1. The summed E-state index contributed by atoms with van der Waals surface area (Å²) in [6.45, 7) is 0.307. The van der Waals surface area contributed by atoms with Crippen molar-refractivity contribution in [3.8, 4) is 5.75 Å². The molecule has 0 radical (unpaired) electrons. The Morgan fingerprint density at radius 1 is 1.18 bits per heavy atom. The maximum absolute atomic E-state index is 13.0. The SMILES string of the molecule is COc1ccc2nc(N(Cc3ccco3)C(=O)/C=C/c3ccccc3)sc2c1. The van der Waals surface area contributed by atoms with Crippen molar-refractivity contribution < 1.29 is 13.9 Å². The van der Waals surface area contributed by atoms with Crippen molar-refractivity contribution in [2.24, 2.45) is 0 Å². The lowest BCUT2D eigenvalue weighted by Gasteiger charge is -2.16. The molecule has 28 heavy (non-hydrogen) atoms. The summed E-state index contributed by atoms with van der Waals surface area (Å²) in [5.74, 6) is 1.29. The van der Waals surface area contributed by atoms with Gasteiger partial charge in [0.15, 0.2) is 5.13 Å². The van der Waals surface area contributed by atoms with Gasteiger partial charge in [-0.2, -0.15) is 0 Å². The number of thiazole rings is 1. The zero-order valence-corrected chi connectivity index (χ0v) is 16.1. The van der Waals surface area contributed by atoms with E-state index in [9.17, 15) is 4.79 Å². The lowest BCUT2D eigenvalue weighted by Crippen LogP contribution is -2.28. The van der Waals surface area contributed by atoms with Crippen LogP contribution in [-0.4, -0.2) is 18.0 Å². The van der Waals surface area contributed by atoms with E-state index in [-0.39, 0.29) is 5.91 Å². The molecule has 0 spiro atoms. The van der Waals surface area contributed by atoms with Gasteiger partial charge >= 0.3 is 0 Å². The van der Waals surface area contributed by atoms with E-state index in [0.717, 1.165) is 21.5 Å². The molecule has 0 aliphatic heterocycles. The Morgan fingerprint density at radius 2 is 2.04 bits per heavy atom. The van der Waals surface area contributed by atoms with Gasteiger partial charge in [-0.1, -0.05) is 41.7 Å². The summed E-state index contributed by atoms with van der Waals surface area (Å²) in [7, 11) is 1.63. The van der Waals surface area contributed by atoms with Crippen LogP contribution in [0.4, 0.5) is 5.13 Å². The van der Waals surface area contributed by atoms with Crippen LogP contribution in [0.3, 0.4) is 0 Å². The molecule has 0 bridgehead atoms. The molecule has 0 unspecified atom stereocenters. The van der Waals surface area contributed by atoms with Gasteiger partial charge in [0, 0.05) is 6.08 Å². The average Bonchev–Trinajstić information content (AvgIpc) is 3.39. The number of hydrogen-bond donors (Lipinski definition) is 0. The first-order valence-electron chi connectivity index (χ1n) is 8.74. The van der Waals surface area contributed by atoms with Crippen LogP contribution in [-0.2, 0) is 11.3 Å². The average molecular weight is 390 g/mol. The van der Waals surface area contributed by atoms with Crippen LogP contribution in [0, 0.1) is 0 Å². The number of aromatic nitrogens is 1. The van der Waals surface area contributed by atoms with Crippen LogP contribution >= 0.6 is 11.3 Å². The lowest BCUT2D eigenvalue weighted by molar-refractivity contribution is -0.114. The number of rotatable bonds is 6. The first kappa shape index (κ1) is 18.0. The molecular weight excluding hydrogens is 372 g/mol. The molecule has 0 aliphatic carbocycles. The van der Waals surface area contributed by atoms with Gasteiger partial charge in [0.2, 0.25) is 0 Å². The number of carbonyl (C=O) groups excluding carboxylic acids is 1. The highest BCUT2D eigenvalue weighted by Crippen LogP contribution is 2.32. The minimum absolute atomic E-state index is 0.161. The number of amides is 1. The lowest BCUT2D eigenvalue weighted by atomic mass is 10.2. The van der Waals surface area contributed by atoms with Crippen molar-refractivity contribution in [3.63, 3.8) is 0 Å². The summed E-state index contributed by atoms with van der Waals surface area (Å²) in [5, 5.41) is 0.613.